The van der Waals surface area contributed by atoms with Crippen LogP contribution in [0.15, 0.2) is 28.7 Å². The number of hydrogen-bond acceptors (Lipinski definition) is 4. The van der Waals surface area contributed by atoms with Gasteiger partial charge in [0, 0.05) is 10.0 Å². The van der Waals surface area contributed by atoms with Gasteiger partial charge < -0.3 is 21.1 Å². The number of aliphatic carboxylic acids is 1. The van der Waals surface area contributed by atoms with E-state index in [1.807, 2.05) is 41.5 Å². The number of carbonyl (C=O) groups is 4. The van der Waals surface area contributed by atoms with Crippen molar-refractivity contribution < 1.29 is 24.3 Å². The highest BCUT2D eigenvalue weighted by atomic mass is 79.9. The summed E-state index contributed by atoms with van der Waals surface area (Å²) in [6.07, 6.45) is 0.842. The van der Waals surface area contributed by atoms with Gasteiger partial charge in [-0.3, -0.25) is 14.4 Å². The lowest BCUT2D eigenvalue weighted by Gasteiger charge is -2.39. The van der Waals surface area contributed by atoms with Crippen LogP contribution >= 0.6 is 15.9 Å². The van der Waals surface area contributed by atoms with Crippen LogP contribution in [-0.2, 0) is 14.4 Å². The number of hydrogen-bond donors (Lipinski definition) is 4. The third-order valence-electron chi connectivity index (χ3n) is 6.20. The summed E-state index contributed by atoms with van der Waals surface area (Å²) in [6, 6.07) is 6.81. The van der Waals surface area contributed by atoms with Gasteiger partial charge in [0.15, 0.2) is 0 Å². The van der Waals surface area contributed by atoms with Gasteiger partial charge in [-0.1, -0.05) is 57.5 Å². The van der Waals surface area contributed by atoms with Gasteiger partial charge in [-0.05, 0) is 82.1 Å². The number of carbonyl (C=O) groups excluding carboxylic acids is 3. The van der Waals surface area contributed by atoms with Crippen LogP contribution in [0.4, 0.5) is 0 Å². The second-order valence-electron chi connectivity index (χ2n) is 12.0. The largest absolute Gasteiger partial charge is 0.480 e. The first-order valence-corrected chi connectivity index (χ1v) is 13.6. The Balaban J connectivity index is 3.33. The van der Waals surface area contributed by atoms with Crippen LogP contribution in [-0.4, -0.2) is 45.4 Å². The molecule has 3 atom stereocenters. The molecule has 0 heterocycles. The quantitative estimate of drug-likeness (QED) is 0.263. The smallest absolute Gasteiger partial charge is 0.329 e. The molecule has 208 valence electrons. The minimum absolute atomic E-state index is 0.0194. The molecule has 37 heavy (non-hydrogen) atoms. The summed E-state index contributed by atoms with van der Waals surface area (Å²) in [5, 5.41) is 18.3. The molecule has 8 nitrogen and oxygen atoms in total. The van der Waals surface area contributed by atoms with Gasteiger partial charge in [-0.25, -0.2) is 4.79 Å². The predicted molar refractivity (Wildman–Crippen MR) is 149 cm³/mol. The molecule has 0 aliphatic carbocycles. The summed E-state index contributed by atoms with van der Waals surface area (Å²) in [7, 11) is 0. The summed E-state index contributed by atoms with van der Waals surface area (Å²) in [5.74, 6) is -2.53. The van der Waals surface area contributed by atoms with Gasteiger partial charge in [0.25, 0.3) is 5.91 Å². The van der Waals surface area contributed by atoms with E-state index in [0.29, 0.717) is 12.0 Å². The van der Waals surface area contributed by atoms with Gasteiger partial charge in [0.1, 0.15) is 16.6 Å². The Morgan fingerprint density at radius 3 is 1.43 bits per heavy atom. The Hall–Kier alpha value is -2.42. The Morgan fingerprint density at radius 2 is 1.05 bits per heavy atom. The Kier molecular flexibility index (Phi) is 11.4. The summed E-state index contributed by atoms with van der Waals surface area (Å²) in [4.78, 5) is 52.5. The van der Waals surface area contributed by atoms with Crippen molar-refractivity contribution >= 4 is 39.6 Å². The zero-order valence-electron chi connectivity index (χ0n) is 23.6. The number of rotatable bonds is 13. The molecule has 3 amide bonds. The van der Waals surface area contributed by atoms with E-state index in [2.05, 4.69) is 31.9 Å². The topological polar surface area (TPSA) is 125 Å². The maximum atomic E-state index is 13.8. The van der Waals surface area contributed by atoms with Crippen LogP contribution < -0.4 is 16.0 Å². The number of carboxylic acid groups (broad SMARTS) is 1. The molecule has 9 heteroatoms. The number of carboxylic acids is 1. The van der Waals surface area contributed by atoms with Crippen molar-refractivity contribution in [2.75, 3.05) is 0 Å². The van der Waals surface area contributed by atoms with Gasteiger partial charge in [-0.2, -0.15) is 0 Å². The van der Waals surface area contributed by atoms with Crippen molar-refractivity contribution in [1.82, 2.24) is 16.0 Å². The van der Waals surface area contributed by atoms with Crippen molar-refractivity contribution in [3.63, 3.8) is 0 Å². The highest BCUT2D eigenvalue weighted by Gasteiger charge is 2.46. The van der Waals surface area contributed by atoms with Crippen LogP contribution in [0.2, 0.25) is 0 Å². The van der Waals surface area contributed by atoms with Crippen LogP contribution in [0.1, 0.15) is 91.9 Å². The number of benzene rings is 1. The molecule has 0 aliphatic heterocycles. The summed E-state index contributed by atoms with van der Waals surface area (Å²) in [5.41, 5.74) is -3.81. The monoisotopic (exact) mass is 581 g/mol. The lowest BCUT2D eigenvalue weighted by Crippen LogP contribution is -2.68. The van der Waals surface area contributed by atoms with E-state index in [0.717, 1.165) is 4.47 Å². The Morgan fingerprint density at radius 1 is 0.703 bits per heavy atom. The first-order valence-electron chi connectivity index (χ1n) is 12.8. The second-order valence-corrected chi connectivity index (χ2v) is 12.9. The minimum Gasteiger partial charge on any atom is -0.480 e. The molecule has 0 aromatic heterocycles. The molecule has 1 aromatic carbocycles. The fourth-order valence-electron chi connectivity index (χ4n) is 4.74. The lowest BCUT2D eigenvalue weighted by atomic mass is 9.84. The van der Waals surface area contributed by atoms with E-state index in [9.17, 15) is 24.3 Å². The van der Waals surface area contributed by atoms with Crippen LogP contribution in [0.5, 0.6) is 0 Å². The zero-order chi connectivity index (χ0) is 28.8. The first-order chi connectivity index (χ1) is 16.8. The Labute approximate surface area is 229 Å². The molecule has 0 radical (unpaired) electrons. The predicted octanol–water partition coefficient (Wildman–Crippen LogP) is 4.91. The zero-order valence-corrected chi connectivity index (χ0v) is 25.2. The fraction of sp³-hybridized carbons (Fsp3) is 0.643. The molecule has 0 fully saturated rings. The molecular formula is C28H44BrN3O5. The molecule has 4 N–H and O–H groups in total. The van der Waals surface area contributed by atoms with Gasteiger partial charge in [0.05, 0.1) is 0 Å². The van der Waals surface area contributed by atoms with Crippen LogP contribution in [0.3, 0.4) is 0 Å². The average molecular weight is 583 g/mol. The third kappa shape index (κ3) is 9.43. The van der Waals surface area contributed by atoms with Gasteiger partial charge in [0.2, 0.25) is 11.8 Å². The number of halogens is 1. The summed E-state index contributed by atoms with van der Waals surface area (Å²) < 4.78 is 0.827. The normalized spacial score (nSPS) is 16.5. The van der Waals surface area contributed by atoms with Crippen molar-refractivity contribution in [2.45, 2.75) is 98.2 Å². The molecule has 1 rings (SSSR count). The summed E-state index contributed by atoms with van der Waals surface area (Å²) >= 11 is 3.35. The molecule has 0 unspecified atom stereocenters. The molecule has 0 bridgehead atoms. The van der Waals surface area contributed by atoms with Crippen molar-refractivity contribution in [3.05, 3.63) is 34.3 Å². The SMILES string of the molecule is CC(C)C[C@@](C)(NC(=O)[C@@](C)(CC(C)C)NC(=O)[C@@](C)(CC(C)C)NC(=O)c1ccc(Br)cc1)C(=O)O. The van der Waals surface area contributed by atoms with E-state index in [4.69, 9.17) is 0 Å². The van der Waals surface area contributed by atoms with Crippen LogP contribution in [0, 0.1) is 17.8 Å². The van der Waals surface area contributed by atoms with E-state index in [1.54, 1.807) is 38.1 Å². The van der Waals surface area contributed by atoms with E-state index < -0.39 is 40.3 Å². The summed E-state index contributed by atoms with van der Waals surface area (Å²) in [6.45, 7) is 16.2. The van der Waals surface area contributed by atoms with Crippen molar-refractivity contribution in [2.24, 2.45) is 17.8 Å². The van der Waals surface area contributed by atoms with E-state index >= 15 is 0 Å². The highest BCUT2D eigenvalue weighted by molar-refractivity contribution is 9.10. The molecule has 0 aliphatic rings. The first kappa shape index (κ1) is 32.6. The van der Waals surface area contributed by atoms with Gasteiger partial charge >= 0.3 is 5.97 Å². The van der Waals surface area contributed by atoms with E-state index in [1.165, 1.54) is 6.92 Å². The average Bonchev–Trinajstić information content (AvgIpc) is 2.71. The Bertz CT molecular complexity index is 979. The van der Waals surface area contributed by atoms with Crippen LogP contribution in [0.25, 0.3) is 0 Å². The molecular weight excluding hydrogens is 538 g/mol. The molecule has 1 aromatic rings. The maximum absolute atomic E-state index is 13.8. The molecule has 0 saturated carbocycles. The number of amides is 3. The van der Waals surface area contributed by atoms with Gasteiger partial charge in [-0.15, -0.1) is 0 Å². The maximum Gasteiger partial charge on any atom is 0.329 e. The molecule has 0 saturated heterocycles. The lowest BCUT2D eigenvalue weighted by molar-refractivity contribution is -0.149. The standard InChI is InChI=1S/C28H44BrN3O5/c1-17(2)14-26(7,30-22(33)20-10-12-21(29)13-11-20)23(34)31-27(8,15-18(3)4)24(35)32-28(9,25(36)37)16-19(5)6/h10-13,17-19H,14-16H2,1-9H3,(H,30,33)(H,31,34)(H,32,35)(H,36,37)/t26-,27-,28-/m1/s1. The highest BCUT2D eigenvalue weighted by Crippen LogP contribution is 2.25. The fourth-order valence-corrected chi connectivity index (χ4v) is 5.01. The van der Waals surface area contributed by atoms with E-state index in [-0.39, 0.29) is 30.6 Å². The number of nitrogens with one attached hydrogen (secondary N) is 3. The minimum atomic E-state index is -1.49. The van der Waals surface area contributed by atoms with Crippen molar-refractivity contribution in [3.8, 4) is 0 Å². The molecule has 0 spiro atoms. The van der Waals surface area contributed by atoms with Crippen molar-refractivity contribution in [1.29, 1.82) is 0 Å². The third-order valence-corrected chi connectivity index (χ3v) is 6.73. The second kappa shape index (κ2) is 12.9.